The van der Waals surface area contributed by atoms with E-state index in [1.54, 1.807) is 30.2 Å². The third-order valence-electron chi connectivity index (χ3n) is 2.61. The Kier molecular flexibility index (Phi) is 4.51. The lowest BCUT2D eigenvalue weighted by atomic mass is 10.2. The molecule has 0 fully saturated rings. The quantitative estimate of drug-likeness (QED) is 0.912. The molecule has 0 aliphatic rings. The van der Waals surface area contributed by atoms with Crippen molar-refractivity contribution in [1.29, 1.82) is 5.26 Å². The van der Waals surface area contributed by atoms with Crippen LogP contribution in [0.2, 0.25) is 0 Å². The first-order valence-electron chi connectivity index (χ1n) is 6.15. The molecule has 0 atom stereocenters. The van der Waals surface area contributed by atoms with Crippen LogP contribution in [0, 0.1) is 17.1 Å². The Morgan fingerprint density at radius 3 is 3.05 bits per heavy atom. The molecule has 1 N–H and O–H groups in total. The van der Waals surface area contributed by atoms with Crippen LogP contribution in [0.25, 0.3) is 0 Å². The molecular weight excluding hydrogens is 275 g/mol. The van der Waals surface area contributed by atoms with Crippen LogP contribution in [0.5, 0.6) is 5.75 Å². The smallest absolute Gasteiger partial charge is 0.238 e. The fraction of sp³-hybridized carbons (Fsp3) is 0.214. The minimum Gasteiger partial charge on any atom is -0.487 e. The largest absolute Gasteiger partial charge is 0.487 e. The van der Waals surface area contributed by atoms with E-state index in [1.807, 2.05) is 0 Å². The Morgan fingerprint density at radius 2 is 2.38 bits per heavy atom. The summed E-state index contributed by atoms with van der Waals surface area (Å²) in [6, 6.07) is 5.53. The molecule has 21 heavy (non-hydrogen) atoms. The molecule has 0 saturated carbocycles. The number of halogens is 1. The van der Waals surface area contributed by atoms with Crippen LogP contribution in [-0.2, 0) is 18.4 Å². The SMILES string of the molecule is Cn1cc(COc2ccc(F)cc2NC(=O)CC#N)cn1. The molecule has 1 aromatic heterocycles. The lowest BCUT2D eigenvalue weighted by molar-refractivity contribution is -0.115. The minimum atomic E-state index is -0.519. The molecule has 6 nitrogen and oxygen atoms in total. The van der Waals surface area contributed by atoms with Gasteiger partial charge in [0.2, 0.25) is 5.91 Å². The molecule has 2 rings (SSSR count). The summed E-state index contributed by atoms with van der Waals surface area (Å²) >= 11 is 0. The highest BCUT2D eigenvalue weighted by Gasteiger charge is 2.10. The fourth-order valence-corrected chi connectivity index (χ4v) is 1.70. The molecule has 108 valence electrons. The maximum atomic E-state index is 13.3. The number of aryl methyl sites for hydroxylation is 1. The van der Waals surface area contributed by atoms with Crippen molar-refractivity contribution in [3.05, 3.63) is 42.0 Å². The molecule has 0 spiro atoms. The summed E-state index contributed by atoms with van der Waals surface area (Å²) in [5.41, 5.74) is 1.04. The van der Waals surface area contributed by atoms with Crippen molar-refractivity contribution in [3.8, 4) is 11.8 Å². The van der Waals surface area contributed by atoms with E-state index < -0.39 is 11.7 Å². The number of hydrogen-bond donors (Lipinski definition) is 1. The van der Waals surface area contributed by atoms with E-state index in [0.29, 0.717) is 5.75 Å². The number of anilines is 1. The zero-order valence-electron chi connectivity index (χ0n) is 11.3. The second-order valence-electron chi connectivity index (χ2n) is 4.33. The van der Waals surface area contributed by atoms with E-state index in [1.165, 1.54) is 12.1 Å². The van der Waals surface area contributed by atoms with Gasteiger partial charge in [0.05, 0.1) is 18.0 Å². The van der Waals surface area contributed by atoms with E-state index in [2.05, 4.69) is 10.4 Å². The summed E-state index contributed by atoms with van der Waals surface area (Å²) in [7, 11) is 1.79. The zero-order valence-corrected chi connectivity index (χ0v) is 11.3. The third-order valence-corrected chi connectivity index (χ3v) is 2.61. The Balaban J connectivity index is 2.11. The van der Waals surface area contributed by atoms with Gasteiger partial charge in [-0.15, -0.1) is 0 Å². The van der Waals surface area contributed by atoms with Gasteiger partial charge >= 0.3 is 0 Å². The molecule has 0 bridgehead atoms. The van der Waals surface area contributed by atoms with Gasteiger partial charge in [0.15, 0.2) is 0 Å². The normalized spacial score (nSPS) is 9.95. The number of hydrogen-bond acceptors (Lipinski definition) is 4. The summed E-state index contributed by atoms with van der Waals surface area (Å²) in [6.07, 6.45) is 3.13. The Labute approximate surface area is 120 Å². The molecule has 0 aliphatic heterocycles. The maximum absolute atomic E-state index is 13.3. The molecule has 1 aromatic carbocycles. The number of carbonyl (C=O) groups is 1. The Hall–Kier alpha value is -2.88. The second-order valence-corrected chi connectivity index (χ2v) is 4.33. The molecule has 7 heteroatoms. The van der Waals surface area contributed by atoms with E-state index >= 15 is 0 Å². The standard InChI is InChI=1S/C14H13FN4O2/c1-19-8-10(7-17-19)9-21-13-3-2-11(15)6-12(13)18-14(20)4-5-16/h2-3,6-8H,4,9H2,1H3,(H,18,20). The van der Waals surface area contributed by atoms with Crippen LogP contribution >= 0.6 is 0 Å². The van der Waals surface area contributed by atoms with E-state index in [-0.39, 0.29) is 18.7 Å². The Bertz CT molecular complexity index is 691. The van der Waals surface area contributed by atoms with Crippen molar-refractivity contribution < 1.29 is 13.9 Å². The van der Waals surface area contributed by atoms with Gasteiger partial charge in [0.25, 0.3) is 0 Å². The highest BCUT2D eigenvalue weighted by Crippen LogP contribution is 2.26. The molecule has 0 radical (unpaired) electrons. The van der Waals surface area contributed by atoms with Gasteiger partial charge in [-0.2, -0.15) is 10.4 Å². The van der Waals surface area contributed by atoms with E-state index in [9.17, 15) is 9.18 Å². The number of nitrogens with zero attached hydrogens (tertiary/aromatic N) is 3. The number of carbonyl (C=O) groups excluding carboxylic acids is 1. The van der Waals surface area contributed by atoms with Gasteiger partial charge in [-0.25, -0.2) is 4.39 Å². The number of ether oxygens (including phenoxy) is 1. The molecule has 0 saturated heterocycles. The van der Waals surface area contributed by atoms with Gasteiger partial charge in [-0.3, -0.25) is 9.48 Å². The first kappa shape index (κ1) is 14.5. The first-order valence-corrected chi connectivity index (χ1v) is 6.15. The van der Waals surface area contributed by atoms with Crippen molar-refractivity contribution in [2.24, 2.45) is 7.05 Å². The summed E-state index contributed by atoms with van der Waals surface area (Å²) in [6.45, 7) is 0.237. The highest BCUT2D eigenvalue weighted by molar-refractivity contribution is 5.93. The van der Waals surface area contributed by atoms with Crippen LogP contribution in [0.15, 0.2) is 30.6 Å². The third kappa shape index (κ3) is 4.04. The van der Waals surface area contributed by atoms with Crippen LogP contribution in [0.3, 0.4) is 0 Å². The van der Waals surface area contributed by atoms with E-state index in [4.69, 9.17) is 10.00 Å². The molecular formula is C14H13FN4O2. The van der Waals surface area contributed by atoms with Gasteiger partial charge in [-0.1, -0.05) is 0 Å². The van der Waals surface area contributed by atoms with Gasteiger partial charge in [0, 0.05) is 24.9 Å². The number of aromatic nitrogens is 2. The van der Waals surface area contributed by atoms with Crippen LogP contribution in [0.1, 0.15) is 12.0 Å². The molecule has 2 aromatic rings. The van der Waals surface area contributed by atoms with Crippen molar-refractivity contribution >= 4 is 11.6 Å². The van der Waals surface area contributed by atoms with Gasteiger partial charge < -0.3 is 10.1 Å². The number of rotatable bonds is 5. The second kappa shape index (κ2) is 6.52. The van der Waals surface area contributed by atoms with Crippen molar-refractivity contribution in [2.45, 2.75) is 13.0 Å². The molecule has 0 aliphatic carbocycles. The zero-order chi connectivity index (χ0) is 15.2. The van der Waals surface area contributed by atoms with Crippen molar-refractivity contribution in [3.63, 3.8) is 0 Å². The van der Waals surface area contributed by atoms with E-state index in [0.717, 1.165) is 11.6 Å². The first-order chi connectivity index (χ1) is 10.1. The Morgan fingerprint density at radius 1 is 1.57 bits per heavy atom. The molecule has 1 amide bonds. The van der Waals surface area contributed by atoms with Gasteiger partial charge in [-0.05, 0) is 12.1 Å². The lowest BCUT2D eigenvalue weighted by Crippen LogP contribution is -2.11. The van der Waals surface area contributed by atoms with Gasteiger partial charge in [0.1, 0.15) is 24.6 Å². The molecule has 0 unspecified atom stereocenters. The fourth-order valence-electron chi connectivity index (χ4n) is 1.70. The lowest BCUT2D eigenvalue weighted by Gasteiger charge is -2.11. The summed E-state index contributed by atoms with van der Waals surface area (Å²) in [5.74, 6) is -0.697. The number of nitriles is 1. The molecule has 1 heterocycles. The number of benzene rings is 1. The highest BCUT2D eigenvalue weighted by atomic mass is 19.1. The minimum absolute atomic E-state index is 0.194. The van der Waals surface area contributed by atoms with Crippen molar-refractivity contribution in [2.75, 3.05) is 5.32 Å². The van der Waals surface area contributed by atoms with Crippen LogP contribution < -0.4 is 10.1 Å². The van der Waals surface area contributed by atoms with Crippen molar-refractivity contribution in [1.82, 2.24) is 9.78 Å². The average molecular weight is 288 g/mol. The summed E-state index contributed by atoms with van der Waals surface area (Å²) < 4.78 is 20.5. The average Bonchev–Trinajstić information content (AvgIpc) is 2.84. The summed E-state index contributed by atoms with van der Waals surface area (Å²) in [5, 5.41) is 14.9. The van der Waals surface area contributed by atoms with Crippen LogP contribution in [-0.4, -0.2) is 15.7 Å². The monoisotopic (exact) mass is 288 g/mol. The van der Waals surface area contributed by atoms with Crippen LogP contribution in [0.4, 0.5) is 10.1 Å². The number of amides is 1. The predicted molar refractivity (Wildman–Crippen MR) is 72.8 cm³/mol. The maximum Gasteiger partial charge on any atom is 0.238 e. The topological polar surface area (TPSA) is 79.9 Å². The summed E-state index contributed by atoms with van der Waals surface area (Å²) in [4.78, 5) is 11.4. The predicted octanol–water partition coefficient (Wildman–Crippen LogP) is 1.99. The number of nitrogens with one attached hydrogen (secondary N) is 1.